The van der Waals surface area contributed by atoms with E-state index in [2.05, 4.69) is 41.1 Å². The van der Waals surface area contributed by atoms with Gasteiger partial charge in [0.1, 0.15) is 5.15 Å². The third-order valence-corrected chi connectivity index (χ3v) is 5.92. The maximum Gasteiger partial charge on any atom is 0.262 e. The van der Waals surface area contributed by atoms with Crippen molar-refractivity contribution in [3.05, 3.63) is 27.5 Å². The number of carbonyl (C=O) groups is 1. The van der Waals surface area contributed by atoms with Crippen molar-refractivity contribution in [1.82, 2.24) is 19.7 Å². The molecule has 0 saturated carbocycles. The van der Waals surface area contributed by atoms with Gasteiger partial charge in [0.2, 0.25) is 0 Å². The molecule has 27 heavy (non-hydrogen) atoms. The second-order valence-corrected chi connectivity index (χ2v) is 9.12. The molecule has 2 aromatic rings. The maximum atomic E-state index is 12.7. The first-order valence-corrected chi connectivity index (χ1v) is 10.8. The Hall–Kier alpha value is -1.44. The van der Waals surface area contributed by atoms with Crippen LogP contribution in [-0.4, -0.2) is 38.7 Å². The van der Waals surface area contributed by atoms with E-state index in [0.717, 1.165) is 31.2 Å². The van der Waals surface area contributed by atoms with Crippen molar-refractivity contribution < 1.29 is 4.79 Å². The van der Waals surface area contributed by atoms with Crippen molar-refractivity contribution >= 4 is 34.0 Å². The van der Waals surface area contributed by atoms with Crippen LogP contribution in [0.5, 0.6) is 0 Å². The standard InChI is InChI=1S/C19H28ClN5OS/c1-12(2)8-25-17(20)16(14(4)23-25)18(26)22-19-21-15(11-27-19)10-24-7-5-6-13(3)9-24/h11-13H,5-10H2,1-4H3,(H,21,22,26). The molecule has 1 atom stereocenters. The molecule has 1 aliphatic rings. The van der Waals surface area contributed by atoms with Gasteiger partial charge in [0.15, 0.2) is 5.13 Å². The lowest BCUT2D eigenvalue weighted by Gasteiger charge is -2.30. The van der Waals surface area contributed by atoms with Gasteiger partial charge in [-0.2, -0.15) is 5.10 Å². The molecule has 0 spiro atoms. The van der Waals surface area contributed by atoms with Gasteiger partial charge in [-0.1, -0.05) is 32.4 Å². The molecular formula is C19H28ClN5OS. The molecule has 1 aliphatic heterocycles. The van der Waals surface area contributed by atoms with Crippen LogP contribution in [0.15, 0.2) is 5.38 Å². The van der Waals surface area contributed by atoms with Crippen molar-refractivity contribution in [2.75, 3.05) is 18.4 Å². The Kier molecular flexibility index (Phi) is 6.55. The van der Waals surface area contributed by atoms with Crippen LogP contribution in [0.3, 0.4) is 0 Å². The van der Waals surface area contributed by atoms with Crippen molar-refractivity contribution in [3.63, 3.8) is 0 Å². The van der Waals surface area contributed by atoms with Gasteiger partial charge in [-0.15, -0.1) is 11.3 Å². The summed E-state index contributed by atoms with van der Waals surface area (Å²) in [6, 6.07) is 0. The Morgan fingerprint density at radius 1 is 1.48 bits per heavy atom. The van der Waals surface area contributed by atoms with E-state index in [4.69, 9.17) is 11.6 Å². The van der Waals surface area contributed by atoms with E-state index in [1.54, 1.807) is 4.68 Å². The minimum Gasteiger partial charge on any atom is -0.298 e. The first-order chi connectivity index (χ1) is 12.8. The van der Waals surface area contributed by atoms with Gasteiger partial charge in [0.25, 0.3) is 5.91 Å². The Bertz CT molecular complexity index is 800. The van der Waals surface area contributed by atoms with E-state index in [1.165, 1.54) is 24.2 Å². The van der Waals surface area contributed by atoms with Crippen LogP contribution in [0, 0.1) is 18.8 Å². The first kappa shape index (κ1) is 20.3. The topological polar surface area (TPSA) is 63.1 Å². The van der Waals surface area contributed by atoms with E-state index in [9.17, 15) is 4.79 Å². The van der Waals surface area contributed by atoms with Crippen LogP contribution in [0.25, 0.3) is 0 Å². The van der Waals surface area contributed by atoms with E-state index < -0.39 is 0 Å². The summed E-state index contributed by atoms with van der Waals surface area (Å²) >= 11 is 7.85. The predicted octanol–water partition coefficient (Wildman–Crippen LogP) is 4.44. The van der Waals surface area contributed by atoms with Gasteiger partial charge in [-0.25, -0.2) is 4.98 Å². The zero-order chi connectivity index (χ0) is 19.6. The number of aryl methyl sites for hydroxylation is 1. The Morgan fingerprint density at radius 2 is 2.26 bits per heavy atom. The number of rotatable bonds is 6. The van der Waals surface area contributed by atoms with Gasteiger partial charge < -0.3 is 0 Å². The minimum absolute atomic E-state index is 0.250. The first-order valence-electron chi connectivity index (χ1n) is 9.54. The average Bonchev–Trinajstić information content (AvgIpc) is 3.11. The number of thiazole rings is 1. The number of piperidine rings is 1. The molecule has 0 bridgehead atoms. The van der Waals surface area contributed by atoms with Gasteiger partial charge in [0, 0.05) is 25.0 Å². The van der Waals surface area contributed by atoms with Gasteiger partial charge in [-0.05, 0) is 38.1 Å². The molecule has 1 saturated heterocycles. The summed E-state index contributed by atoms with van der Waals surface area (Å²) in [6.45, 7) is 12.0. The molecule has 3 rings (SSSR count). The summed E-state index contributed by atoms with van der Waals surface area (Å²) in [5, 5.41) is 10.3. The maximum absolute atomic E-state index is 12.7. The van der Waals surface area contributed by atoms with Gasteiger partial charge in [-0.3, -0.25) is 19.7 Å². The van der Waals surface area contributed by atoms with Crippen LogP contribution >= 0.6 is 22.9 Å². The second kappa shape index (κ2) is 8.71. The van der Waals surface area contributed by atoms with E-state index in [1.807, 2.05) is 12.3 Å². The lowest BCUT2D eigenvalue weighted by Crippen LogP contribution is -2.33. The molecule has 0 radical (unpaired) electrons. The molecular weight excluding hydrogens is 382 g/mol. The normalized spacial score (nSPS) is 18.2. The van der Waals surface area contributed by atoms with Crippen molar-refractivity contribution in [2.45, 2.75) is 53.6 Å². The van der Waals surface area contributed by atoms with Crippen LogP contribution < -0.4 is 5.32 Å². The zero-order valence-electron chi connectivity index (χ0n) is 16.5. The molecule has 8 heteroatoms. The van der Waals surface area contributed by atoms with E-state index >= 15 is 0 Å². The highest BCUT2D eigenvalue weighted by Gasteiger charge is 2.22. The molecule has 1 fully saturated rings. The number of halogens is 1. The Morgan fingerprint density at radius 3 is 2.96 bits per heavy atom. The second-order valence-electron chi connectivity index (χ2n) is 7.91. The number of nitrogens with zero attached hydrogens (tertiary/aromatic N) is 4. The zero-order valence-corrected chi connectivity index (χ0v) is 18.0. The fraction of sp³-hybridized carbons (Fsp3) is 0.632. The lowest BCUT2D eigenvalue weighted by atomic mass is 10.0. The third kappa shape index (κ3) is 5.09. The van der Waals surface area contributed by atoms with Crippen molar-refractivity contribution in [3.8, 4) is 0 Å². The smallest absolute Gasteiger partial charge is 0.262 e. The van der Waals surface area contributed by atoms with Crippen LogP contribution in [0.2, 0.25) is 5.15 Å². The number of hydrogen-bond donors (Lipinski definition) is 1. The number of amides is 1. The quantitative estimate of drug-likeness (QED) is 0.765. The highest BCUT2D eigenvalue weighted by atomic mass is 35.5. The van der Waals surface area contributed by atoms with Crippen molar-refractivity contribution in [2.24, 2.45) is 11.8 Å². The monoisotopic (exact) mass is 409 g/mol. The number of hydrogen-bond acceptors (Lipinski definition) is 5. The third-order valence-electron chi connectivity index (χ3n) is 4.73. The lowest BCUT2D eigenvalue weighted by molar-refractivity contribution is 0.102. The molecule has 0 aliphatic carbocycles. The summed E-state index contributed by atoms with van der Waals surface area (Å²) in [4.78, 5) is 19.7. The molecule has 148 valence electrons. The van der Waals surface area contributed by atoms with Crippen LogP contribution in [0.1, 0.15) is 55.4 Å². The molecule has 6 nitrogen and oxygen atoms in total. The molecule has 1 unspecified atom stereocenters. The number of nitrogens with one attached hydrogen (secondary N) is 1. The van der Waals surface area contributed by atoms with Crippen LogP contribution in [0.4, 0.5) is 5.13 Å². The largest absolute Gasteiger partial charge is 0.298 e. The highest BCUT2D eigenvalue weighted by Crippen LogP contribution is 2.24. The summed E-state index contributed by atoms with van der Waals surface area (Å²) in [5.74, 6) is 0.890. The molecule has 1 amide bonds. The van der Waals surface area contributed by atoms with Gasteiger partial charge >= 0.3 is 0 Å². The SMILES string of the molecule is Cc1nn(CC(C)C)c(Cl)c1C(=O)Nc1nc(CN2CCCC(C)C2)cs1. The predicted molar refractivity (Wildman–Crippen MR) is 111 cm³/mol. The highest BCUT2D eigenvalue weighted by molar-refractivity contribution is 7.14. The van der Waals surface area contributed by atoms with E-state index in [-0.39, 0.29) is 5.91 Å². The number of carbonyl (C=O) groups excluding carboxylic acids is 1. The molecule has 0 aromatic carbocycles. The number of aromatic nitrogens is 3. The number of likely N-dealkylation sites (tertiary alicyclic amines) is 1. The molecule has 3 heterocycles. The Balaban J connectivity index is 1.65. The molecule has 2 aromatic heterocycles. The fourth-order valence-corrected chi connectivity index (χ4v) is 4.56. The van der Waals surface area contributed by atoms with Crippen molar-refractivity contribution in [1.29, 1.82) is 0 Å². The number of anilines is 1. The Labute approximate surface area is 169 Å². The molecule has 1 N–H and O–H groups in total. The average molecular weight is 410 g/mol. The summed E-state index contributed by atoms with van der Waals surface area (Å²) in [6.07, 6.45) is 2.55. The summed E-state index contributed by atoms with van der Waals surface area (Å²) < 4.78 is 1.70. The summed E-state index contributed by atoms with van der Waals surface area (Å²) in [5.41, 5.74) is 2.07. The van der Waals surface area contributed by atoms with E-state index in [0.29, 0.717) is 34.0 Å². The fourth-order valence-electron chi connectivity index (χ4n) is 3.53. The van der Waals surface area contributed by atoms with Gasteiger partial charge in [0.05, 0.1) is 17.0 Å². The minimum atomic E-state index is -0.250. The van der Waals surface area contributed by atoms with Crippen LogP contribution in [-0.2, 0) is 13.1 Å². The summed E-state index contributed by atoms with van der Waals surface area (Å²) in [7, 11) is 0.